The summed E-state index contributed by atoms with van der Waals surface area (Å²) in [6.07, 6.45) is 1.59. The van der Waals surface area contributed by atoms with Crippen LogP contribution in [0.3, 0.4) is 0 Å². The van der Waals surface area contributed by atoms with Crippen molar-refractivity contribution in [1.29, 1.82) is 0 Å². The lowest BCUT2D eigenvalue weighted by Crippen LogP contribution is -2.37. The normalized spacial score (nSPS) is 22.8. The third-order valence-corrected chi connectivity index (χ3v) is 2.89. The van der Waals surface area contributed by atoms with Crippen LogP contribution in [-0.4, -0.2) is 19.2 Å². The van der Waals surface area contributed by atoms with Gasteiger partial charge in [-0.25, -0.2) is 4.39 Å². The second-order valence-corrected chi connectivity index (χ2v) is 4.27. The average Bonchev–Trinajstić information content (AvgIpc) is 2.31. The van der Waals surface area contributed by atoms with Crippen LogP contribution in [0.5, 0.6) is 5.75 Å². The highest BCUT2D eigenvalue weighted by molar-refractivity contribution is 5.28. The van der Waals surface area contributed by atoms with Crippen molar-refractivity contribution in [1.82, 2.24) is 5.32 Å². The molecule has 0 aliphatic carbocycles. The van der Waals surface area contributed by atoms with Gasteiger partial charge in [0.15, 0.2) is 0 Å². The van der Waals surface area contributed by atoms with E-state index in [-0.39, 0.29) is 6.10 Å². The summed E-state index contributed by atoms with van der Waals surface area (Å²) in [4.78, 5) is 0. The minimum absolute atomic E-state index is 0.252. The fourth-order valence-electron chi connectivity index (χ4n) is 1.92. The molecule has 1 N–H and O–H groups in total. The Labute approximate surface area is 95.8 Å². The van der Waals surface area contributed by atoms with Gasteiger partial charge in [-0.15, -0.1) is 0 Å². The van der Waals surface area contributed by atoms with Gasteiger partial charge in [0.05, 0.1) is 0 Å². The number of halogens is 1. The van der Waals surface area contributed by atoms with E-state index in [2.05, 4.69) is 5.32 Å². The van der Waals surface area contributed by atoms with Gasteiger partial charge in [-0.05, 0) is 44.0 Å². The molecule has 16 heavy (non-hydrogen) atoms. The van der Waals surface area contributed by atoms with Crippen LogP contribution in [0, 0.1) is 0 Å². The summed E-state index contributed by atoms with van der Waals surface area (Å²) < 4.78 is 18.8. The lowest BCUT2D eigenvalue weighted by Gasteiger charge is -2.24. The molecule has 2 rings (SSSR count). The predicted octanol–water partition coefficient (Wildman–Crippen LogP) is 2.85. The van der Waals surface area contributed by atoms with E-state index >= 15 is 0 Å². The number of rotatable bonds is 3. The highest BCUT2D eigenvalue weighted by Gasteiger charge is 2.14. The Morgan fingerprint density at radius 3 is 2.69 bits per heavy atom. The lowest BCUT2D eigenvalue weighted by atomic mass is 10.1. The van der Waals surface area contributed by atoms with Crippen LogP contribution in [0.15, 0.2) is 24.3 Å². The largest absolute Gasteiger partial charge is 0.489 e. The first kappa shape index (κ1) is 11.4. The van der Waals surface area contributed by atoms with Crippen molar-refractivity contribution in [3.8, 4) is 5.75 Å². The maximum absolute atomic E-state index is 13.0. The van der Waals surface area contributed by atoms with Crippen LogP contribution in [0.1, 0.15) is 31.5 Å². The molecular weight excluding hydrogens is 205 g/mol. The second-order valence-electron chi connectivity index (χ2n) is 4.27. The Morgan fingerprint density at radius 1 is 1.38 bits per heavy atom. The summed E-state index contributed by atoms with van der Waals surface area (Å²) in [5.41, 5.74) is 0.703. The summed E-state index contributed by atoms with van der Waals surface area (Å²) in [6.45, 7) is 3.53. The van der Waals surface area contributed by atoms with Gasteiger partial charge in [-0.3, -0.25) is 0 Å². The smallest absolute Gasteiger partial charge is 0.122 e. The Kier molecular flexibility index (Phi) is 3.78. The first-order valence-electron chi connectivity index (χ1n) is 5.87. The molecule has 1 saturated heterocycles. The molecule has 1 aromatic rings. The Bertz CT molecular complexity index is 317. The molecule has 2 atom stereocenters. The molecule has 2 unspecified atom stereocenters. The van der Waals surface area contributed by atoms with Gasteiger partial charge in [0, 0.05) is 6.54 Å². The first-order chi connectivity index (χ1) is 7.75. The highest BCUT2D eigenvalue weighted by atomic mass is 19.1. The van der Waals surface area contributed by atoms with E-state index in [0.29, 0.717) is 5.56 Å². The summed E-state index contributed by atoms with van der Waals surface area (Å²) in [7, 11) is 0. The van der Waals surface area contributed by atoms with E-state index < -0.39 is 6.17 Å². The van der Waals surface area contributed by atoms with E-state index in [4.69, 9.17) is 4.74 Å². The zero-order valence-electron chi connectivity index (χ0n) is 9.58. The molecule has 1 fully saturated rings. The molecule has 88 valence electrons. The number of piperidine rings is 1. The maximum Gasteiger partial charge on any atom is 0.122 e. The minimum atomic E-state index is -0.912. The number of ether oxygens (including phenoxy) is 1. The molecular formula is C13H18FNO. The fourth-order valence-corrected chi connectivity index (χ4v) is 1.92. The molecule has 0 spiro atoms. The third-order valence-electron chi connectivity index (χ3n) is 2.89. The molecule has 1 aliphatic rings. The first-order valence-corrected chi connectivity index (χ1v) is 5.87. The molecule has 2 nitrogen and oxygen atoms in total. The van der Waals surface area contributed by atoms with Crippen molar-refractivity contribution >= 4 is 0 Å². The molecule has 1 aliphatic heterocycles. The van der Waals surface area contributed by atoms with Gasteiger partial charge < -0.3 is 10.1 Å². The van der Waals surface area contributed by atoms with Crippen molar-refractivity contribution < 1.29 is 9.13 Å². The maximum atomic E-state index is 13.0. The topological polar surface area (TPSA) is 21.3 Å². The van der Waals surface area contributed by atoms with Crippen LogP contribution in [-0.2, 0) is 0 Å². The molecule has 0 saturated carbocycles. The van der Waals surface area contributed by atoms with Crippen molar-refractivity contribution in [2.24, 2.45) is 0 Å². The molecule has 0 radical (unpaired) electrons. The zero-order valence-corrected chi connectivity index (χ0v) is 9.58. The van der Waals surface area contributed by atoms with Crippen molar-refractivity contribution in [3.05, 3.63) is 29.8 Å². The Morgan fingerprint density at radius 2 is 2.12 bits per heavy atom. The molecule has 1 heterocycles. The predicted molar refractivity (Wildman–Crippen MR) is 62.5 cm³/mol. The zero-order chi connectivity index (χ0) is 11.4. The molecule has 0 amide bonds. The van der Waals surface area contributed by atoms with Gasteiger partial charge in [0.1, 0.15) is 18.0 Å². The Balaban J connectivity index is 1.93. The van der Waals surface area contributed by atoms with Gasteiger partial charge in [0.25, 0.3) is 0 Å². The van der Waals surface area contributed by atoms with Crippen LogP contribution in [0.2, 0.25) is 0 Å². The van der Waals surface area contributed by atoms with Crippen molar-refractivity contribution in [2.75, 3.05) is 13.1 Å². The number of alkyl halides is 1. The molecule has 3 heteroatoms. The summed E-state index contributed by atoms with van der Waals surface area (Å²) in [6, 6.07) is 7.27. The standard InChI is InChI=1S/C13H18FNO/c1-10(14)11-4-6-12(7-5-11)16-13-3-2-8-15-9-13/h4-7,10,13,15H,2-3,8-9H2,1H3. The van der Waals surface area contributed by atoms with E-state index in [1.807, 2.05) is 12.1 Å². The quantitative estimate of drug-likeness (QED) is 0.850. The number of benzene rings is 1. The van der Waals surface area contributed by atoms with E-state index in [9.17, 15) is 4.39 Å². The van der Waals surface area contributed by atoms with E-state index in [1.165, 1.54) is 0 Å². The van der Waals surface area contributed by atoms with Crippen molar-refractivity contribution in [3.63, 3.8) is 0 Å². The number of hydrogen-bond donors (Lipinski definition) is 1. The highest BCUT2D eigenvalue weighted by Crippen LogP contribution is 2.21. The van der Waals surface area contributed by atoms with Gasteiger partial charge in [-0.1, -0.05) is 12.1 Å². The van der Waals surface area contributed by atoms with Gasteiger partial charge in [-0.2, -0.15) is 0 Å². The molecule has 0 bridgehead atoms. The van der Waals surface area contributed by atoms with Crippen LogP contribution in [0.25, 0.3) is 0 Å². The summed E-state index contributed by atoms with van der Waals surface area (Å²) >= 11 is 0. The third kappa shape index (κ3) is 2.95. The van der Waals surface area contributed by atoms with E-state index in [0.717, 1.165) is 31.7 Å². The second kappa shape index (κ2) is 5.30. The van der Waals surface area contributed by atoms with E-state index in [1.54, 1.807) is 19.1 Å². The fraction of sp³-hybridized carbons (Fsp3) is 0.538. The lowest BCUT2D eigenvalue weighted by molar-refractivity contribution is 0.167. The van der Waals surface area contributed by atoms with Crippen LogP contribution >= 0.6 is 0 Å². The monoisotopic (exact) mass is 223 g/mol. The van der Waals surface area contributed by atoms with Crippen LogP contribution in [0.4, 0.5) is 4.39 Å². The number of hydrogen-bond acceptors (Lipinski definition) is 2. The molecule has 0 aromatic heterocycles. The van der Waals surface area contributed by atoms with Crippen LogP contribution < -0.4 is 10.1 Å². The Hall–Kier alpha value is -1.09. The molecule has 1 aromatic carbocycles. The van der Waals surface area contributed by atoms with Crippen molar-refractivity contribution in [2.45, 2.75) is 32.0 Å². The van der Waals surface area contributed by atoms with Gasteiger partial charge >= 0.3 is 0 Å². The summed E-state index contributed by atoms with van der Waals surface area (Å²) in [5.74, 6) is 0.832. The average molecular weight is 223 g/mol. The minimum Gasteiger partial charge on any atom is -0.489 e. The summed E-state index contributed by atoms with van der Waals surface area (Å²) in [5, 5.41) is 3.30. The number of nitrogens with one attached hydrogen (secondary N) is 1. The SMILES string of the molecule is CC(F)c1ccc(OC2CCCNC2)cc1. The van der Waals surface area contributed by atoms with Gasteiger partial charge in [0.2, 0.25) is 0 Å².